The number of thiol groups is 1. The van der Waals surface area contributed by atoms with Gasteiger partial charge in [0.25, 0.3) is 0 Å². The van der Waals surface area contributed by atoms with Crippen molar-refractivity contribution in [2.75, 3.05) is 25.1 Å². The van der Waals surface area contributed by atoms with Gasteiger partial charge >= 0.3 is 0 Å². The van der Waals surface area contributed by atoms with Gasteiger partial charge in [0.15, 0.2) is 5.78 Å². The minimum absolute atomic E-state index is 0.143. The van der Waals surface area contributed by atoms with Crippen molar-refractivity contribution in [1.82, 2.24) is 5.32 Å². The number of benzene rings is 1. The Balaban J connectivity index is 2.21. The fourth-order valence-corrected chi connectivity index (χ4v) is 3.93. The maximum atomic E-state index is 12.4. The summed E-state index contributed by atoms with van der Waals surface area (Å²) in [5.74, 6) is 1.50. The average molecular weight is 237 g/mol. The first kappa shape index (κ1) is 11.7. The normalized spacial score (nSPS) is 27.6. The van der Waals surface area contributed by atoms with Gasteiger partial charge in [0.05, 0.1) is 5.25 Å². The van der Waals surface area contributed by atoms with E-state index in [2.05, 4.69) is 11.6 Å². The predicted molar refractivity (Wildman–Crippen MR) is 71.9 cm³/mol. The summed E-state index contributed by atoms with van der Waals surface area (Å²) >= 11 is 0. The Morgan fingerprint density at radius 3 is 2.88 bits per heavy atom. The SMILES string of the molecule is Cc1ccccc1C(=O)C1CNCC[SH]1C. The van der Waals surface area contributed by atoms with E-state index in [0.717, 1.165) is 30.0 Å². The van der Waals surface area contributed by atoms with Gasteiger partial charge in [-0.25, -0.2) is 10.9 Å². The van der Waals surface area contributed by atoms with Crippen LogP contribution < -0.4 is 5.32 Å². The van der Waals surface area contributed by atoms with Gasteiger partial charge in [0.1, 0.15) is 0 Å². The van der Waals surface area contributed by atoms with E-state index in [1.54, 1.807) is 0 Å². The maximum Gasteiger partial charge on any atom is 0.175 e. The number of ketones is 1. The van der Waals surface area contributed by atoms with E-state index in [0.29, 0.717) is 5.78 Å². The molecule has 0 bridgehead atoms. The Morgan fingerprint density at radius 2 is 2.19 bits per heavy atom. The lowest BCUT2D eigenvalue weighted by atomic mass is 10.0. The third-order valence-corrected chi connectivity index (χ3v) is 5.63. The van der Waals surface area contributed by atoms with Crippen molar-refractivity contribution in [2.45, 2.75) is 12.2 Å². The quantitative estimate of drug-likeness (QED) is 0.606. The molecular formula is C13H19NOS. The molecule has 3 heteroatoms. The van der Waals surface area contributed by atoms with E-state index in [9.17, 15) is 4.79 Å². The standard InChI is InChI=1S/C13H19NOS/c1-10-5-3-4-6-11(10)13(15)12-9-14-7-8-16(12)2/h3-6,12,14,16H,7-9H2,1-2H3. The zero-order chi connectivity index (χ0) is 11.5. The molecule has 2 rings (SSSR count). The molecule has 1 N–H and O–H groups in total. The first-order valence-electron chi connectivity index (χ1n) is 5.71. The van der Waals surface area contributed by atoms with Gasteiger partial charge < -0.3 is 5.32 Å². The van der Waals surface area contributed by atoms with E-state index in [1.807, 2.05) is 31.2 Å². The lowest BCUT2D eigenvalue weighted by Gasteiger charge is -2.32. The zero-order valence-electron chi connectivity index (χ0n) is 9.86. The third kappa shape index (κ3) is 2.30. The molecule has 0 saturated carbocycles. The molecule has 0 aromatic heterocycles. The molecule has 88 valence electrons. The van der Waals surface area contributed by atoms with Crippen LogP contribution in [0.4, 0.5) is 0 Å². The number of carbonyl (C=O) groups excluding carboxylic acids is 1. The van der Waals surface area contributed by atoms with E-state index >= 15 is 0 Å². The highest BCUT2D eigenvalue weighted by atomic mass is 32.2. The largest absolute Gasteiger partial charge is 0.314 e. The fraction of sp³-hybridized carbons (Fsp3) is 0.462. The van der Waals surface area contributed by atoms with Crippen LogP contribution in [0, 0.1) is 6.92 Å². The second-order valence-electron chi connectivity index (χ2n) is 4.38. The predicted octanol–water partition coefficient (Wildman–Crippen LogP) is 1.78. The Labute approximate surface area is 99.8 Å². The van der Waals surface area contributed by atoms with E-state index in [1.165, 1.54) is 0 Å². The van der Waals surface area contributed by atoms with Crippen LogP contribution in [0.1, 0.15) is 15.9 Å². The summed E-state index contributed by atoms with van der Waals surface area (Å²) in [6.45, 7) is 3.94. The number of hydrogen-bond donors (Lipinski definition) is 2. The molecule has 1 aromatic rings. The molecule has 2 nitrogen and oxygen atoms in total. The van der Waals surface area contributed by atoms with Crippen molar-refractivity contribution in [2.24, 2.45) is 0 Å². The highest BCUT2D eigenvalue weighted by Gasteiger charge is 2.26. The van der Waals surface area contributed by atoms with Crippen LogP contribution in [0.3, 0.4) is 0 Å². The molecule has 16 heavy (non-hydrogen) atoms. The second kappa shape index (κ2) is 5.02. The van der Waals surface area contributed by atoms with Crippen LogP contribution in [-0.2, 0) is 0 Å². The van der Waals surface area contributed by atoms with E-state index in [-0.39, 0.29) is 16.1 Å². The van der Waals surface area contributed by atoms with Gasteiger partial charge in [-0.3, -0.25) is 4.79 Å². The molecule has 1 heterocycles. The topological polar surface area (TPSA) is 29.1 Å². The molecule has 2 atom stereocenters. The fourth-order valence-electron chi connectivity index (χ4n) is 2.13. The molecule has 1 saturated heterocycles. The Hall–Kier alpha value is -0.800. The lowest BCUT2D eigenvalue weighted by Crippen LogP contribution is -2.40. The average Bonchev–Trinajstić information content (AvgIpc) is 2.29. The first-order chi connectivity index (χ1) is 7.70. The smallest absolute Gasteiger partial charge is 0.175 e. The van der Waals surface area contributed by atoms with Crippen LogP contribution in [0.2, 0.25) is 0 Å². The number of hydrogen-bond acceptors (Lipinski definition) is 2. The van der Waals surface area contributed by atoms with Gasteiger partial charge in [0.2, 0.25) is 0 Å². The maximum absolute atomic E-state index is 12.4. The van der Waals surface area contributed by atoms with Crippen LogP contribution in [0.15, 0.2) is 24.3 Å². The third-order valence-electron chi connectivity index (χ3n) is 3.22. The Bertz CT molecular complexity index is 391. The molecule has 1 aromatic carbocycles. The summed E-state index contributed by atoms with van der Waals surface area (Å²) < 4.78 is 0. The highest BCUT2D eigenvalue weighted by molar-refractivity contribution is 8.17. The van der Waals surface area contributed by atoms with Crippen molar-refractivity contribution < 1.29 is 4.79 Å². The van der Waals surface area contributed by atoms with Crippen LogP contribution in [0.25, 0.3) is 0 Å². The number of rotatable bonds is 2. The van der Waals surface area contributed by atoms with Crippen molar-refractivity contribution in [3.63, 3.8) is 0 Å². The van der Waals surface area contributed by atoms with Gasteiger partial charge in [-0.15, -0.1) is 0 Å². The summed E-state index contributed by atoms with van der Waals surface area (Å²) in [4.78, 5) is 12.4. The Morgan fingerprint density at radius 1 is 1.44 bits per heavy atom. The number of carbonyl (C=O) groups is 1. The van der Waals surface area contributed by atoms with Gasteiger partial charge in [-0.05, 0) is 24.5 Å². The van der Waals surface area contributed by atoms with E-state index in [4.69, 9.17) is 0 Å². The molecule has 1 fully saturated rings. The van der Waals surface area contributed by atoms with Crippen LogP contribution in [-0.4, -0.2) is 36.1 Å². The summed E-state index contributed by atoms with van der Waals surface area (Å²) in [5, 5.41) is 3.54. The zero-order valence-corrected chi connectivity index (χ0v) is 10.8. The highest BCUT2D eigenvalue weighted by Crippen LogP contribution is 2.31. The van der Waals surface area contributed by atoms with E-state index < -0.39 is 0 Å². The minimum Gasteiger partial charge on any atom is -0.314 e. The summed E-state index contributed by atoms with van der Waals surface area (Å²) in [7, 11) is -0.143. The lowest BCUT2D eigenvalue weighted by molar-refractivity contribution is 0.0987. The summed E-state index contributed by atoms with van der Waals surface area (Å²) in [6, 6.07) is 7.91. The molecule has 0 aliphatic carbocycles. The van der Waals surface area contributed by atoms with Gasteiger partial charge in [-0.1, -0.05) is 24.3 Å². The van der Waals surface area contributed by atoms with Crippen molar-refractivity contribution in [3.8, 4) is 0 Å². The molecule has 0 amide bonds. The monoisotopic (exact) mass is 237 g/mol. The number of nitrogens with one attached hydrogen (secondary N) is 1. The minimum atomic E-state index is -0.143. The second-order valence-corrected chi connectivity index (χ2v) is 6.96. The molecule has 0 spiro atoms. The van der Waals surface area contributed by atoms with Crippen LogP contribution >= 0.6 is 10.9 Å². The summed E-state index contributed by atoms with van der Waals surface area (Å²) in [6.07, 6.45) is 2.25. The molecule has 2 unspecified atom stereocenters. The van der Waals surface area contributed by atoms with Gasteiger partial charge in [-0.2, -0.15) is 0 Å². The van der Waals surface area contributed by atoms with Crippen molar-refractivity contribution in [3.05, 3.63) is 35.4 Å². The molecule has 0 radical (unpaired) electrons. The van der Waals surface area contributed by atoms with Crippen LogP contribution in [0.5, 0.6) is 0 Å². The number of aryl methyl sites for hydroxylation is 1. The van der Waals surface area contributed by atoms with Gasteiger partial charge in [0, 0.05) is 18.7 Å². The van der Waals surface area contributed by atoms with Crippen molar-refractivity contribution >= 4 is 16.7 Å². The number of Topliss-reactive ketones (excluding diaryl/α,β-unsaturated/α-hetero) is 1. The van der Waals surface area contributed by atoms with Crippen molar-refractivity contribution in [1.29, 1.82) is 0 Å². The first-order valence-corrected chi connectivity index (χ1v) is 7.75. The molecule has 1 aliphatic rings. The Kier molecular flexibility index (Phi) is 3.66. The summed E-state index contributed by atoms with van der Waals surface area (Å²) in [5.41, 5.74) is 2.01. The molecular weight excluding hydrogens is 218 g/mol. The molecule has 1 aliphatic heterocycles.